The number of nitrogens with zero attached hydrogens (tertiary/aromatic N) is 6. The van der Waals surface area contributed by atoms with Crippen LogP contribution in [0.15, 0.2) is 60.8 Å². The van der Waals surface area contributed by atoms with E-state index in [0.29, 0.717) is 30.2 Å². The summed E-state index contributed by atoms with van der Waals surface area (Å²) in [7, 11) is 1.87. The first kappa shape index (κ1) is 25.9. The van der Waals surface area contributed by atoms with Crippen molar-refractivity contribution in [3.05, 3.63) is 72.3 Å². The van der Waals surface area contributed by atoms with Crippen molar-refractivity contribution in [2.24, 2.45) is 7.05 Å². The van der Waals surface area contributed by atoms with Gasteiger partial charge in [-0.1, -0.05) is 6.58 Å². The number of hydrogen-bond donors (Lipinski definition) is 0. The normalized spacial score (nSPS) is 15.1. The number of fused-ring (bicyclic) bond motifs is 2. The second kappa shape index (κ2) is 10.0. The molecule has 0 aliphatic carbocycles. The maximum absolute atomic E-state index is 14.5. The van der Waals surface area contributed by atoms with E-state index in [1.54, 1.807) is 33.2 Å². The van der Waals surface area contributed by atoms with Gasteiger partial charge < -0.3 is 9.64 Å². The highest BCUT2D eigenvalue weighted by Crippen LogP contribution is 2.46. The van der Waals surface area contributed by atoms with E-state index in [1.165, 1.54) is 18.2 Å². The molecule has 204 valence electrons. The van der Waals surface area contributed by atoms with Gasteiger partial charge in [0, 0.05) is 52.6 Å². The fourth-order valence-electron chi connectivity index (χ4n) is 5.28. The first-order valence-corrected chi connectivity index (χ1v) is 14.0. The lowest BCUT2D eigenvalue weighted by Crippen LogP contribution is -2.39. The Morgan fingerprint density at radius 3 is 2.80 bits per heavy atom. The molecule has 4 aromatic heterocycles. The van der Waals surface area contributed by atoms with Crippen LogP contribution in [0.3, 0.4) is 0 Å². The molecule has 40 heavy (non-hydrogen) atoms. The molecule has 0 saturated heterocycles. The van der Waals surface area contributed by atoms with Gasteiger partial charge in [-0.25, -0.2) is 9.37 Å². The summed E-state index contributed by atoms with van der Waals surface area (Å²) in [6.07, 6.45) is 4.93. The Hall–Kier alpha value is -4.31. The van der Waals surface area contributed by atoms with Crippen molar-refractivity contribution in [2.75, 3.05) is 6.54 Å². The summed E-state index contributed by atoms with van der Waals surface area (Å²) >= 11 is 1.59. The number of aromatic nitrogens is 5. The summed E-state index contributed by atoms with van der Waals surface area (Å²) in [4.78, 5) is 19.4. The van der Waals surface area contributed by atoms with Crippen molar-refractivity contribution < 1.29 is 13.9 Å². The van der Waals surface area contributed by atoms with Gasteiger partial charge >= 0.3 is 0 Å². The zero-order valence-electron chi connectivity index (χ0n) is 22.8. The van der Waals surface area contributed by atoms with Crippen LogP contribution in [0.4, 0.5) is 4.39 Å². The lowest BCUT2D eigenvalue weighted by molar-refractivity contribution is -0.127. The van der Waals surface area contributed by atoms with Crippen molar-refractivity contribution in [3.63, 3.8) is 0 Å². The number of amides is 1. The highest BCUT2D eigenvalue weighted by atomic mass is 32.1. The number of halogens is 1. The summed E-state index contributed by atoms with van der Waals surface area (Å²) in [5.74, 6) is -0.0381. The van der Waals surface area contributed by atoms with Crippen LogP contribution in [-0.2, 0) is 18.4 Å². The largest absolute Gasteiger partial charge is 0.490 e. The van der Waals surface area contributed by atoms with Gasteiger partial charge in [-0.3, -0.25) is 14.2 Å². The lowest BCUT2D eigenvalue weighted by atomic mass is 9.97. The number of benzene rings is 1. The third kappa shape index (κ3) is 4.48. The molecule has 1 aliphatic rings. The van der Waals surface area contributed by atoms with E-state index < -0.39 is 0 Å². The molecule has 1 aromatic carbocycles. The third-order valence-electron chi connectivity index (χ3n) is 6.96. The molecule has 6 rings (SSSR count). The molecule has 0 bridgehead atoms. The Kier molecular flexibility index (Phi) is 6.50. The number of hydrogen-bond acceptors (Lipinski definition) is 6. The standard InChI is InChI=1S/C30H29FN6O2S/c1-6-26(38)36-14-18(4)37-21(16-36)12-24(34-37)29-27(22-8-7-20(31)11-25(22)39-17(2)3)30-23(9-10-40-30)28(33-29)19-13-32-35(5)15-19/h6-13,15,17-18H,1,14,16H2,2-5H3. The molecular weight excluding hydrogens is 527 g/mol. The highest BCUT2D eigenvalue weighted by molar-refractivity contribution is 7.18. The minimum absolute atomic E-state index is 0.0289. The van der Waals surface area contributed by atoms with Crippen molar-refractivity contribution in [3.8, 4) is 39.5 Å². The van der Waals surface area contributed by atoms with Crippen LogP contribution >= 0.6 is 11.3 Å². The van der Waals surface area contributed by atoms with E-state index in [2.05, 4.69) is 11.7 Å². The second-order valence-electron chi connectivity index (χ2n) is 10.3. The maximum atomic E-state index is 14.5. The van der Waals surface area contributed by atoms with Gasteiger partial charge in [0.1, 0.15) is 23.0 Å². The molecule has 1 aliphatic heterocycles. The number of ether oxygens (including phenoxy) is 1. The monoisotopic (exact) mass is 556 g/mol. The molecular formula is C30H29FN6O2S. The van der Waals surface area contributed by atoms with Gasteiger partial charge in [0.05, 0.1) is 36.3 Å². The Morgan fingerprint density at radius 1 is 1.25 bits per heavy atom. The minimum atomic E-state index is -0.374. The SMILES string of the molecule is C=CC(=O)N1Cc2cc(-c3nc(-c4cnn(C)c4)c4ccsc4c3-c3ccc(F)cc3OC(C)C)nn2C(C)C1. The molecule has 8 nitrogen and oxygen atoms in total. The second-order valence-corrected chi connectivity index (χ2v) is 11.2. The maximum Gasteiger partial charge on any atom is 0.246 e. The first-order valence-electron chi connectivity index (χ1n) is 13.1. The van der Waals surface area contributed by atoms with E-state index in [9.17, 15) is 9.18 Å². The van der Waals surface area contributed by atoms with Gasteiger partial charge in [-0.2, -0.15) is 10.2 Å². The average molecular weight is 557 g/mol. The fourth-order valence-corrected chi connectivity index (χ4v) is 6.24. The molecule has 10 heteroatoms. The van der Waals surface area contributed by atoms with E-state index in [0.717, 1.165) is 38.2 Å². The predicted octanol–water partition coefficient (Wildman–Crippen LogP) is 6.24. The average Bonchev–Trinajstić information content (AvgIpc) is 3.67. The Morgan fingerprint density at radius 2 is 2.08 bits per heavy atom. The van der Waals surface area contributed by atoms with Gasteiger partial charge in [0.15, 0.2) is 0 Å². The minimum Gasteiger partial charge on any atom is -0.490 e. The predicted molar refractivity (Wildman–Crippen MR) is 155 cm³/mol. The van der Waals surface area contributed by atoms with Crippen molar-refractivity contribution in [2.45, 2.75) is 39.5 Å². The molecule has 0 fully saturated rings. The molecule has 1 atom stereocenters. The molecule has 5 heterocycles. The molecule has 1 unspecified atom stereocenters. The van der Waals surface area contributed by atoms with Gasteiger partial charge in [0.2, 0.25) is 5.91 Å². The van der Waals surface area contributed by atoms with Gasteiger partial charge in [-0.15, -0.1) is 11.3 Å². The number of rotatable bonds is 6. The summed E-state index contributed by atoms with van der Waals surface area (Å²) in [5.41, 5.74) is 5.48. The lowest BCUT2D eigenvalue weighted by Gasteiger charge is -2.31. The zero-order chi connectivity index (χ0) is 28.1. The highest BCUT2D eigenvalue weighted by Gasteiger charge is 2.29. The third-order valence-corrected chi connectivity index (χ3v) is 7.89. The van der Waals surface area contributed by atoms with Crippen LogP contribution in [0, 0.1) is 5.82 Å². The summed E-state index contributed by atoms with van der Waals surface area (Å²) < 4.78 is 25.3. The van der Waals surface area contributed by atoms with Gasteiger partial charge in [0.25, 0.3) is 0 Å². The molecule has 5 aromatic rings. The number of aryl methyl sites for hydroxylation is 1. The van der Waals surface area contributed by atoms with Crippen LogP contribution in [0.25, 0.3) is 43.9 Å². The summed E-state index contributed by atoms with van der Waals surface area (Å²) in [6.45, 7) is 10.5. The fraction of sp³-hybridized carbons (Fsp3) is 0.267. The molecule has 1 amide bonds. The van der Waals surface area contributed by atoms with Crippen LogP contribution in [0.2, 0.25) is 0 Å². The van der Waals surface area contributed by atoms with Crippen LogP contribution in [-0.4, -0.2) is 48.0 Å². The topological polar surface area (TPSA) is 78.1 Å². The van der Waals surface area contributed by atoms with Crippen LogP contribution in [0.1, 0.15) is 32.5 Å². The Labute approximate surface area is 235 Å². The van der Waals surface area contributed by atoms with Crippen LogP contribution in [0.5, 0.6) is 5.75 Å². The number of pyridine rings is 1. The Balaban J connectivity index is 1.63. The van der Waals surface area contributed by atoms with E-state index >= 15 is 0 Å². The van der Waals surface area contributed by atoms with Gasteiger partial charge in [-0.05, 0) is 56.5 Å². The van der Waals surface area contributed by atoms with E-state index in [1.807, 2.05) is 56.2 Å². The number of carbonyl (C=O) groups excluding carboxylic acids is 1. The summed E-state index contributed by atoms with van der Waals surface area (Å²) in [6, 6.07) is 8.63. The quantitative estimate of drug-likeness (QED) is 0.231. The Bertz CT molecular complexity index is 1770. The van der Waals surface area contributed by atoms with E-state index in [-0.39, 0.29) is 23.9 Å². The molecule has 0 saturated carbocycles. The van der Waals surface area contributed by atoms with Crippen molar-refractivity contribution in [1.82, 2.24) is 29.4 Å². The molecule has 0 spiro atoms. The smallest absolute Gasteiger partial charge is 0.246 e. The van der Waals surface area contributed by atoms with Crippen molar-refractivity contribution in [1.29, 1.82) is 0 Å². The molecule has 0 N–H and O–H groups in total. The molecule has 0 radical (unpaired) electrons. The number of thiophene rings is 1. The first-order chi connectivity index (χ1) is 19.2. The van der Waals surface area contributed by atoms with Crippen molar-refractivity contribution >= 4 is 27.3 Å². The summed E-state index contributed by atoms with van der Waals surface area (Å²) in [5, 5.41) is 12.4. The van der Waals surface area contributed by atoms with Crippen LogP contribution < -0.4 is 4.74 Å². The number of carbonyl (C=O) groups is 1. The zero-order valence-corrected chi connectivity index (χ0v) is 23.6. The van der Waals surface area contributed by atoms with E-state index in [4.69, 9.17) is 14.8 Å².